The van der Waals surface area contributed by atoms with Crippen molar-refractivity contribution in [3.8, 4) is 10.4 Å². The Bertz CT molecular complexity index is 736. The fraction of sp³-hybridized carbons (Fsp3) is 0.353. The Labute approximate surface area is 153 Å². The molecule has 0 fully saturated rings. The molecular weight excluding hydrogens is 362 g/mol. The van der Waals surface area contributed by atoms with Crippen LogP contribution in [0.3, 0.4) is 0 Å². The SMILES string of the molecule is CCCC(=O)OCC(=O)Nc1scc(-c2cccs2)c1C(=O)OCC. The fourth-order valence-corrected chi connectivity index (χ4v) is 3.84. The Kier molecular flexibility index (Phi) is 7.15. The summed E-state index contributed by atoms with van der Waals surface area (Å²) in [5.74, 6) is -1.41. The lowest BCUT2D eigenvalue weighted by Crippen LogP contribution is -2.21. The van der Waals surface area contributed by atoms with Crippen LogP contribution in [0.15, 0.2) is 22.9 Å². The number of esters is 2. The van der Waals surface area contributed by atoms with Crippen LogP contribution in [0.1, 0.15) is 37.0 Å². The van der Waals surface area contributed by atoms with Gasteiger partial charge in [-0.2, -0.15) is 0 Å². The second kappa shape index (κ2) is 9.33. The lowest BCUT2D eigenvalue weighted by Gasteiger charge is -2.08. The fourth-order valence-electron chi connectivity index (χ4n) is 2.05. The molecule has 0 saturated carbocycles. The summed E-state index contributed by atoms with van der Waals surface area (Å²) in [6.45, 7) is 3.43. The average molecular weight is 381 g/mol. The van der Waals surface area contributed by atoms with E-state index < -0.39 is 17.8 Å². The van der Waals surface area contributed by atoms with Crippen molar-refractivity contribution >= 4 is 45.5 Å². The predicted molar refractivity (Wildman–Crippen MR) is 98.1 cm³/mol. The number of carbonyl (C=O) groups is 3. The zero-order valence-electron chi connectivity index (χ0n) is 14.0. The Morgan fingerprint density at radius 3 is 2.60 bits per heavy atom. The summed E-state index contributed by atoms with van der Waals surface area (Å²) < 4.78 is 10.00. The van der Waals surface area contributed by atoms with E-state index in [1.807, 2.05) is 24.4 Å². The van der Waals surface area contributed by atoms with Crippen LogP contribution in [0.2, 0.25) is 0 Å². The molecule has 2 aromatic heterocycles. The van der Waals surface area contributed by atoms with Crippen molar-refractivity contribution in [2.24, 2.45) is 0 Å². The van der Waals surface area contributed by atoms with Gasteiger partial charge in [0.25, 0.3) is 5.91 Å². The number of thiophene rings is 2. The largest absolute Gasteiger partial charge is 0.462 e. The van der Waals surface area contributed by atoms with Crippen molar-refractivity contribution in [2.75, 3.05) is 18.5 Å². The first-order valence-corrected chi connectivity index (χ1v) is 9.60. The molecule has 0 unspecified atom stereocenters. The summed E-state index contributed by atoms with van der Waals surface area (Å²) in [5, 5.41) is 6.74. The molecule has 0 atom stereocenters. The molecule has 2 aromatic rings. The Morgan fingerprint density at radius 2 is 1.96 bits per heavy atom. The zero-order chi connectivity index (χ0) is 18.2. The van der Waals surface area contributed by atoms with Gasteiger partial charge < -0.3 is 14.8 Å². The molecular formula is C17H19NO5S2. The number of nitrogens with one attached hydrogen (secondary N) is 1. The maximum atomic E-state index is 12.3. The van der Waals surface area contributed by atoms with E-state index in [-0.39, 0.29) is 19.6 Å². The quantitative estimate of drug-likeness (QED) is 0.701. The Balaban J connectivity index is 2.16. The van der Waals surface area contributed by atoms with Crippen molar-refractivity contribution in [3.05, 3.63) is 28.5 Å². The first-order chi connectivity index (χ1) is 12.1. The van der Waals surface area contributed by atoms with Gasteiger partial charge in [-0.15, -0.1) is 22.7 Å². The Hall–Kier alpha value is -2.19. The number of ether oxygens (including phenoxy) is 2. The van der Waals surface area contributed by atoms with E-state index in [4.69, 9.17) is 9.47 Å². The van der Waals surface area contributed by atoms with Crippen LogP contribution < -0.4 is 5.32 Å². The highest BCUT2D eigenvalue weighted by molar-refractivity contribution is 7.17. The highest BCUT2D eigenvalue weighted by Crippen LogP contribution is 2.38. The third-order valence-electron chi connectivity index (χ3n) is 3.13. The molecule has 1 N–H and O–H groups in total. The lowest BCUT2D eigenvalue weighted by molar-refractivity contribution is -0.147. The third-order valence-corrected chi connectivity index (χ3v) is 4.93. The second-order valence-electron chi connectivity index (χ2n) is 5.01. The lowest BCUT2D eigenvalue weighted by atomic mass is 10.1. The maximum absolute atomic E-state index is 12.3. The monoisotopic (exact) mass is 381 g/mol. The van der Waals surface area contributed by atoms with Gasteiger partial charge in [-0.1, -0.05) is 13.0 Å². The van der Waals surface area contributed by atoms with Crippen LogP contribution in [0, 0.1) is 0 Å². The van der Waals surface area contributed by atoms with Crippen molar-refractivity contribution in [2.45, 2.75) is 26.7 Å². The van der Waals surface area contributed by atoms with Gasteiger partial charge in [-0.25, -0.2) is 4.79 Å². The molecule has 0 spiro atoms. The molecule has 0 saturated heterocycles. The van der Waals surface area contributed by atoms with E-state index in [9.17, 15) is 14.4 Å². The van der Waals surface area contributed by atoms with Crippen LogP contribution in [0.25, 0.3) is 10.4 Å². The van der Waals surface area contributed by atoms with Crippen molar-refractivity contribution in [1.29, 1.82) is 0 Å². The number of rotatable bonds is 8. The molecule has 0 aliphatic carbocycles. The minimum absolute atomic E-state index is 0.237. The predicted octanol–water partition coefficient (Wildman–Crippen LogP) is 3.94. The topological polar surface area (TPSA) is 81.7 Å². The summed E-state index contributed by atoms with van der Waals surface area (Å²) in [5.41, 5.74) is 1.04. The maximum Gasteiger partial charge on any atom is 0.341 e. The van der Waals surface area contributed by atoms with Crippen LogP contribution in [0.4, 0.5) is 5.00 Å². The van der Waals surface area contributed by atoms with Crippen LogP contribution >= 0.6 is 22.7 Å². The summed E-state index contributed by atoms with van der Waals surface area (Å²) in [6.07, 6.45) is 0.922. The number of hydrogen-bond donors (Lipinski definition) is 1. The minimum atomic E-state index is -0.495. The molecule has 0 aromatic carbocycles. The van der Waals surface area contributed by atoms with Gasteiger partial charge in [-0.3, -0.25) is 9.59 Å². The average Bonchev–Trinajstić information content (AvgIpc) is 3.22. The molecule has 0 aliphatic rings. The second-order valence-corrected chi connectivity index (χ2v) is 6.84. The summed E-state index contributed by atoms with van der Waals surface area (Å²) >= 11 is 2.73. The van der Waals surface area contributed by atoms with Crippen LogP contribution in [-0.4, -0.2) is 31.1 Å². The van der Waals surface area contributed by atoms with Crippen molar-refractivity contribution in [1.82, 2.24) is 0 Å². The van der Waals surface area contributed by atoms with Gasteiger partial charge in [0.05, 0.1) is 6.61 Å². The van der Waals surface area contributed by atoms with Crippen LogP contribution in [-0.2, 0) is 19.1 Å². The van der Waals surface area contributed by atoms with E-state index in [0.29, 0.717) is 17.0 Å². The van der Waals surface area contributed by atoms with Gasteiger partial charge >= 0.3 is 11.9 Å². The molecule has 0 radical (unpaired) electrons. The minimum Gasteiger partial charge on any atom is -0.462 e. The van der Waals surface area contributed by atoms with E-state index in [1.165, 1.54) is 22.7 Å². The summed E-state index contributed by atoms with van der Waals surface area (Å²) in [6, 6.07) is 3.78. The number of carbonyl (C=O) groups excluding carboxylic acids is 3. The summed E-state index contributed by atoms with van der Waals surface area (Å²) in [4.78, 5) is 36.6. The smallest absolute Gasteiger partial charge is 0.341 e. The molecule has 2 heterocycles. The van der Waals surface area contributed by atoms with E-state index in [0.717, 1.165) is 10.4 Å². The van der Waals surface area contributed by atoms with Gasteiger partial charge in [0.2, 0.25) is 0 Å². The van der Waals surface area contributed by atoms with Crippen molar-refractivity contribution in [3.63, 3.8) is 0 Å². The Morgan fingerprint density at radius 1 is 1.16 bits per heavy atom. The molecule has 8 heteroatoms. The van der Waals surface area contributed by atoms with Gasteiger partial charge in [0, 0.05) is 22.2 Å². The van der Waals surface area contributed by atoms with Crippen molar-refractivity contribution < 1.29 is 23.9 Å². The van der Waals surface area contributed by atoms with Gasteiger partial charge in [-0.05, 0) is 24.8 Å². The first-order valence-electron chi connectivity index (χ1n) is 7.84. The molecule has 0 aliphatic heterocycles. The molecule has 2 rings (SSSR count). The zero-order valence-corrected chi connectivity index (χ0v) is 15.6. The molecule has 134 valence electrons. The van der Waals surface area contributed by atoms with E-state index >= 15 is 0 Å². The van der Waals surface area contributed by atoms with E-state index in [1.54, 1.807) is 12.3 Å². The molecule has 1 amide bonds. The molecule has 6 nitrogen and oxygen atoms in total. The van der Waals surface area contributed by atoms with Crippen LogP contribution in [0.5, 0.6) is 0 Å². The molecule has 0 bridgehead atoms. The first kappa shape index (κ1) is 19.1. The summed E-state index contributed by atoms with van der Waals surface area (Å²) in [7, 11) is 0. The standard InChI is InChI=1S/C17H19NO5S2/c1-3-6-14(20)23-9-13(19)18-16-15(17(21)22-4-2)11(10-25-16)12-7-5-8-24-12/h5,7-8,10H,3-4,6,9H2,1-2H3,(H,18,19). The number of amides is 1. The third kappa shape index (κ3) is 5.14. The van der Waals surface area contributed by atoms with Gasteiger partial charge in [0.1, 0.15) is 10.6 Å². The highest BCUT2D eigenvalue weighted by atomic mass is 32.1. The number of anilines is 1. The number of hydrogen-bond acceptors (Lipinski definition) is 7. The normalized spacial score (nSPS) is 10.3. The highest BCUT2D eigenvalue weighted by Gasteiger charge is 2.23. The molecule has 25 heavy (non-hydrogen) atoms. The van der Waals surface area contributed by atoms with Gasteiger partial charge in [0.15, 0.2) is 6.61 Å². The van der Waals surface area contributed by atoms with E-state index in [2.05, 4.69) is 5.32 Å².